The molecular formula is C19H15F6N3OS2. The Morgan fingerprint density at radius 1 is 1.10 bits per heavy atom. The van der Waals surface area contributed by atoms with Gasteiger partial charge >= 0.3 is 12.4 Å². The monoisotopic (exact) mass is 479 g/mol. The van der Waals surface area contributed by atoms with E-state index in [1.807, 2.05) is 6.92 Å². The van der Waals surface area contributed by atoms with Gasteiger partial charge in [0.1, 0.15) is 10.7 Å². The second-order valence-corrected chi connectivity index (χ2v) is 8.55. The fraction of sp³-hybridized carbons (Fsp3) is 0.263. The fourth-order valence-electron chi connectivity index (χ4n) is 2.78. The molecule has 31 heavy (non-hydrogen) atoms. The van der Waals surface area contributed by atoms with Gasteiger partial charge < -0.3 is 10.6 Å². The van der Waals surface area contributed by atoms with E-state index in [4.69, 9.17) is 0 Å². The van der Waals surface area contributed by atoms with Crippen molar-refractivity contribution in [3.05, 3.63) is 46.5 Å². The summed E-state index contributed by atoms with van der Waals surface area (Å²) in [6.07, 6.45) is -8.56. The number of anilines is 2. The van der Waals surface area contributed by atoms with Gasteiger partial charge in [-0.25, -0.2) is 4.98 Å². The van der Waals surface area contributed by atoms with Crippen LogP contribution in [0.2, 0.25) is 0 Å². The van der Waals surface area contributed by atoms with Crippen LogP contribution in [0.15, 0.2) is 35.4 Å². The minimum absolute atomic E-state index is 0.0199. The Morgan fingerprint density at radius 2 is 1.77 bits per heavy atom. The number of thioether (sulfide) groups is 1. The molecule has 0 radical (unpaired) electrons. The van der Waals surface area contributed by atoms with Gasteiger partial charge in [-0.15, -0.1) is 23.1 Å². The average Bonchev–Trinajstić information content (AvgIpc) is 3.05. The number of alkyl halides is 6. The Kier molecular flexibility index (Phi) is 6.42. The molecule has 0 aliphatic carbocycles. The van der Waals surface area contributed by atoms with Crippen LogP contribution >= 0.6 is 23.1 Å². The topological polar surface area (TPSA) is 54.0 Å². The first kappa shape index (κ1) is 23.2. The van der Waals surface area contributed by atoms with E-state index in [-0.39, 0.29) is 21.1 Å². The maximum Gasteiger partial charge on any atom is 0.417 e. The predicted molar refractivity (Wildman–Crippen MR) is 110 cm³/mol. The molecule has 3 aromatic rings. The quantitative estimate of drug-likeness (QED) is 0.314. The minimum atomic E-state index is -4.66. The highest BCUT2D eigenvalue weighted by molar-refractivity contribution is 7.99. The van der Waals surface area contributed by atoms with Crippen molar-refractivity contribution in [1.82, 2.24) is 4.98 Å². The minimum Gasteiger partial charge on any atom is -0.371 e. The molecule has 0 saturated heterocycles. The molecule has 0 saturated carbocycles. The van der Waals surface area contributed by atoms with Crippen molar-refractivity contribution in [2.24, 2.45) is 0 Å². The number of aromatic nitrogens is 1. The van der Waals surface area contributed by atoms with Gasteiger partial charge in [-0.2, -0.15) is 26.3 Å². The third-order valence-corrected chi connectivity index (χ3v) is 6.45. The van der Waals surface area contributed by atoms with Gasteiger partial charge in [0.05, 0.1) is 16.8 Å². The summed E-state index contributed by atoms with van der Waals surface area (Å²) in [6.45, 7) is 1.82. The second-order valence-electron chi connectivity index (χ2n) is 6.22. The number of thiophene rings is 1. The van der Waals surface area contributed by atoms with Gasteiger partial charge in [0, 0.05) is 28.2 Å². The molecule has 2 N–H and O–H groups in total. The van der Waals surface area contributed by atoms with Crippen molar-refractivity contribution in [3.63, 3.8) is 0 Å². The number of halogens is 6. The molecule has 1 amide bonds. The molecule has 0 aliphatic rings. The number of hydrogen-bond acceptors (Lipinski definition) is 5. The maximum atomic E-state index is 13.0. The molecule has 0 spiro atoms. The number of fused-ring (bicyclic) bond motifs is 1. The Morgan fingerprint density at radius 3 is 2.35 bits per heavy atom. The van der Waals surface area contributed by atoms with E-state index in [2.05, 4.69) is 15.6 Å². The highest BCUT2D eigenvalue weighted by Crippen LogP contribution is 2.42. The summed E-state index contributed by atoms with van der Waals surface area (Å²) >= 11 is 2.11. The van der Waals surface area contributed by atoms with E-state index in [0.29, 0.717) is 22.2 Å². The molecule has 2 aromatic heterocycles. The molecule has 0 atom stereocenters. The molecular weight excluding hydrogens is 464 g/mol. The van der Waals surface area contributed by atoms with Crippen LogP contribution in [0.3, 0.4) is 0 Å². The molecule has 4 nitrogen and oxygen atoms in total. The van der Waals surface area contributed by atoms with Crippen LogP contribution in [0.1, 0.15) is 27.7 Å². The van der Waals surface area contributed by atoms with Crippen LogP contribution in [0.25, 0.3) is 10.1 Å². The number of carbonyl (C=O) groups excluding carboxylic acids is 1. The Labute approximate surface area is 181 Å². The van der Waals surface area contributed by atoms with Gasteiger partial charge in [-0.1, -0.05) is 13.0 Å². The van der Waals surface area contributed by atoms with E-state index in [1.165, 1.54) is 24.9 Å². The summed E-state index contributed by atoms with van der Waals surface area (Å²) in [4.78, 5) is 17.2. The summed E-state index contributed by atoms with van der Waals surface area (Å²) in [6, 6.07) is 3.94. The van der Waals surface area contributed by atoms with Crippen LogP contribution in [0, 0.1) is 0 Å². The summed E-state index contributed by atoms with van der Waals surface area (Å²) < 4.78 is 78.5. The normalized spacial score (nSPS) is 12.3. The van der Waals surface area contributed by atoms with Crippen molar-refractivity contribution in [1.29, 1.82) is 0 Å². The lowest BCUT2D eigenvalue weighted by Gasteiger charge is -2.13. The zero-order valence-corrected chi connectivity index (χ0v) is 17.7. The van der Waals surface area contributed by atoms with Gasteiger partial charge in [0.25, 0.3) is 5.91 Å². The average molecular weight is 479 g/mol. The van der Waals surface area contributed by atoms with Crippen molar-refractivity contribution >= 4 is 50.6 Å². The lowest BCUT2D eigenvalue weighted by atomic mass is 10.1. The molecule has 0 aliphatic heterocycles. The zero-order chi connectivity index (χ0) is 23.0. The Bertz CT molecular complexity index is 1120. The molecule has 3 rings (SSSR count). The van der Waals surface area contributed by atoms with Crippen LogP contribution in [-0.2, 0) is 12.4 Å². The highest BCUT2D eigenvalue weighted by atomic mass is 32.2. The van der Waals surface area contributed by atoms with E-state index in [0.717, 1.165) is 29.5 Å². The first-order valence-corrected chi connectivity index (χ1v) is 10.6. The van der Waals surface area contributed by atoms with E-state index >= 15 is 0 Å². The van der Waals surface area contributed by atoms with Crippen LogP contribution in [-0.4, -0.2) is 23.7 Å². The number of hydrogen-bond donors (Lipinski definition) is 2. The standard InChI is InChI=1S/C19H15F6N3OS2/c1-3-30-14-11-5-4-9(18(20,21)22)7-13(11)31-15(14)17(29)28-12-6-10(19(23,24)25)8-27-16(12)26-2/h4-8H,3H2,1-2H3,(H,26,27)(H,28,29). The van der Waals surface area contributed by atoms with E-state index in [1.54, 1.807) is 0 Å². The SMILES string of the molecule is CCSc1c(C(=O)Nc2cc(C(F)(F)F)cnc2NC)sc2cc(C(F)(F)F)ccc12. The van der Waals surface area contributed by atoms with Crippen molar-refractivity contribution in [2.45, 2.75) is 24.2 Å². The number of benzene rings is 1. The first-order valence-electron chi connectivity index (χ1n) is 8.78. The third-order valence-electron chi connectivity index (χ3n) is 4.17. The van der Waals surface area contributed by atoms with Gasteiger partial charge in [0.15, 0.2) is 0 Å². The smallest absolute Gasteiger partial charge is 0.371 e. The van der Waals surface area contributed by atoms with E-state index < -0.39 is 29.4 Å². The summed E-state index contributed by atoms with van der Waals surface area (Å²) in [5, 5.41) is 5.49. The molecule has 0 bridgehead atoms. The largest absolute Gasteiger partial charge is 0.417 e. The fourth-order valence-corrected chi connectivity index (χ4v) is 5.02. The number of nitrogens with one attached hydrogen (secondary N) is 2. The first-order chi connectivity index (χ1) is 14.5. The number of carbonyl (C=O) groups is 1. The van der Waals surface area contributed by atoms with Gasteiger partial charge in [0.2, 0.25) is 0 Å². The molecule has 166 valence electrons. The Balaban J connectivity index is 2.05. The van der Waals surface area contributed by atoms with Gasteiger partial charge in [-0.3, -0.25) is 4.79 Å². The number of pyridine rings is 1. The maximum absolute atomic E-state index is 13.0. The molecule has 0 fully saturated rings. The van der Waals surface area contributed by atoms with Crippen molar-refractivity contribution < 1.29 is 31.1 Å². The predicted octanol–water partition coefficient (Wildman–Crippen LogP) is 6.74. The van der Waals surface area contributed by atoms with Crippen molar-refractivity contribution in [2.75, 3.05) is 23.4 Å². The molecule has 2 heterocycles. The molecule has 1 aromatic carbocycles. The number of amides is 1. The second kappa shape index (κ2) is 8.58. The van der Waals surface area contributed by atoms with E-state index in [9.17, 15) is 31.1 Å². The van der Waals surface area contributed by atoms with Crippen LogP contribution in [0.5, 0.6) is 0 Å². The van der Waals surface area contributed by atoms with Crippen LogP contribution in [0.4, 0.5) is 37.8 Å². The molecule has 0 unspecified atom stereocenters. The molecule has 12 heteroatoms. The highest BCUT2D eigenvalue weighted by Gasteiger charge is 2.33. The Hall–Kier alpha value is -2.47. The lowest BCUT2D eigenvalue weighted by Crippen LogP contribution is -2.15. The number of nitrogens with zero attached hydrogens (tertiary/aromatic N) is 1. The third kappa shape index (κ3) is 4.90. The summed E-state index contributed by atoms with van der Waals surface area (Å²) in [5.74, 6) is -0.171. The summed E-state index contributed by atoms with van der Waals surface area (Å²) in [5.41, 5.74) is -2.08. The zero-order valence-electron chi connectivity index (χ0n) is 16.0. The van der Waals surface area contributed by atoms with Gasteiger partial charge in [-0.05, 0) is 24.0 Å². The lowest BCUT2D eigenvalue weighted by molar-refractivity contribution is -0.138. The van der Waals surface area contributed by atoms with Crippen molar-refractivity contribution in [3.8, 4) is 0 Å². The summed E-state index contributed by atoms with van der Waals surface area (Å²) in [7, 11) is 1.43. The number of rotatable bonds is 5. The van der Waals surface area contributed by atoms with Crippen LogP contribution < -0.4 is 10.6 Å².